The molecule has 0 aliphatic heterocycles. The van der Waals surface area contributed by atoms with Gasteiger partial charge in [-0.05, 0) is 51.2 Å². The van der Waals surface area contributed by atoms with Crippen LogP contribution in [-0.2, 0) is 4.74 Å². The highest BCUT2D eigenvalue weighted by Crippen LogP contribution is 2.25. The van der Waals surface area contributed by atoms with Crippen LogP contribution in [-0.4, -0.2) is 29.0 Å². The zero-order chi connectivity index (χ0) is 13.5. The van der Waals surface area contributed by atoms with Crippen molar-refractivity contribution in [1.29, 1.82) is 0 Å². The molecule has 102 valence electrons. The van der Waals surface area contributed by atoms with Crippen molar-refractivity contribution in [3.63, 3.8) is 0 Å². The van der Waals surface area contributed by atoms with Crippen LogP contribution in [0.1, 0.15) is 33.1 Å². The normalized spacial score (nSPS) is 28.1. The minimum Gasteiger partial charge on any atom is -0.490 e. The van der Waals surface area contributed by atoms with E-state index in [-0.39, 0.29) is 0 Å². The van der Waals surface area contributed by atoms with E-state index in [0.29, 0.717) is 31.1 Å². The molecule has 1 fully saturated rings. The molecule has 1 aliphatic rings. The Bertz CT molecular complexity index is 327. The minimum absolute atomic E-state index is 0.298. The number of aliphatic hydroxyl groups is 2. The Hall–Kier alpha value is -1.06. The summed E-state index contributed by atoms with van der Waals surface area (Å²) in [6, 6.07) is 0. The van der Waals surface area contributed by atoms with E-state index < -0.39 is 12.2 Å². The van der Waals surface area contributed by atoms with E-state index >= 15 is 0 Å². The summed E-state index contributed by atoms with van der Waals surface area (Å²) in [6.07, 6.45) is 6.86. The van der Waals surface area contributed by atoms with Crippen molar-refractivity contribution in [3.05, 3.63) is 36.1 Å². The Morgan fingerprint density at radius 1 is 1.28 bits per heavy atom. The van der Waals surface area contributed by atoms with Crippen LogP contribution < -0.4 is 0 Å². The zero-order valence-electron chi connectivity index (χ0n) is 11.3. The van der Waals surface area contributed by atoms with Crippen molar-refractivity contribution in [2.75, 3.05) is 6.61 Å². The summed E-state index contributed by atoms with van der Waals surface area (Å²) >= 11 is 0. The number of rotatable bonds is 5. The van der Waals surface area contributed by atoms with Gasteiger partial charge < -0.3 is 14.9 Å². The number of aliphatic hydroxyl groups excluding tert-OH is 2. The lowest BCUT2D eigenvalue weighted by Gasteiger charge is -2.28. The van der Waals surface area contributed by atoms with Crippen molar-refractivity contribution in [2.24, 2.45) is 5.92 Å². The van der Waals surface area contributed by atoms with Gasteiger partial charge in [0, 0.05) is 0 Å². The molecule has 18 heavy (non-hydrogen) atoms. The summed E-state index contributed by atoms with van der Waals surface area (Å²) in [5.41, 5.74) is 1.22. The van der Waals surface area contributed by atoms with Gasteiger partial charge in [-0.1, -0.05) is 18.2 Å². The highest BCUT2D eigenvalue weighted by atomic mass is 16.5. The van der Waals surface area contributed by atoms with Crippen LogP contribution in [0.3, 0.4) is 0 Å². The molecule has 1 saturated carbocycles. The predicted octanol–water partition coefficient (Wildman–Crippen LogP) is 2.56. The quantitative estimate of drug-likeness (QED) is 0.449. The maximum atomic E-state index is 9.57. The first-order chi connectivity index (χ1) is 8.49. The van der Waals surface area contributed by atoms with Crippen LogP contribution in [0.4, 0.5) is 0 Å². The summed E-state index contributed by atoms with van der Waals surface area (Å²) in [7, 11) is 0. The standard InChI is InChI=1S/C15H24O3/c1-11(2)8-9-18-12(3)4-5-13-6-7-14(16)15(17)10-13/h4-5,8,13-17H,3,6-7,9-10H2,1-2H3/b5-4+. The highest BCUT2D eigenvalue weighted by molar-refractivity contribution is 5.10. The molecule has 0 saturated heterocycles. The van der Waals surface area contributed by atoms with Gasteiger partial charge in [-0.3, -0.25) is 0 Å². The Morgan fingerprint density at radius 2 is 2.00 bits per heavy atom. The topological polar surface area (TPSA) is 49.7 Å². The molecule has 0 radical (unpaired) electrons. The fourth-order valence-corrected chi connectivity index (χ4v) is 1.94. The van der Waals surface area contributed by atoms with E-state index in [4.69, 9.17) is 4.74 Å². The van der Waals surface area contributed by atoms with Gasteiger partial charge >= 0.3 is 0 Å². The van der Waals surface area contributed by atoms with Crippen molar-refractivity contribution in [2.45, 2.75) is 45.3 Å². The van der Waals surface area contributed by atoms with Gasteiger partial charge in [-0.2, -0.15) is 0 Å². The first-order valence-corrected chi connectivity index (χ1v) is 6.48. The van der Waals surface area contributed by atoms with E-state index in [1.54, 1.807) is 0 Å². The van der Waals surface area contributed by atoms with E-state index in [0.717, 1.165) is 6.42 Å². The first kappa shape index (κ1) is 15.0. The third-order valence-electron chi connectivity index (χ3n) is 3.14. The monoisotopic (exact) mass is 252 g/mol. The average molecular weight is 252 g/mol. The fraction of sp³-hybridized carbons (Fsp3) is 0.600. The number of allylic oxidation sites excluding steroid dienone is 3. The second-order valence-corrected chi connectivity index (χ2v) is 5.13. The van der Waals surface area contributed by atoms with Gasteiger partial charge in [-0.15, -0.1) is 0 Å². The molecule has 0 aromatic carbocycles. The minimum atomic E-state index is -0.603. The molecule has 3 nitrogen and oxygen atoms in total. The molecule has 3 atom stereocenters. The van der Waals surface area contributed by atoms with Crippen LogP contribution in [0.2, 0.25) is 0 Å². The van der Waals surface area contributed by atoms with Crippen LogP contribution in [0.15, 0.2) is 36.1 Å². The summed E-state index contributed by atoms with van der Waals surface area (Å²) in [5, 5.41) is 19.0. The maximum absolute atomic E-state index is 9.57. The van der Waals surface area contributed by atoms with Crippen LogP contribution in [0, 0.1) is 5.92 Å². The molecule has 2 N–H and O–H groups in total. The van der Waals surface area contributed by atoms with Gasteiger partial charge in [0.1, 0.15) is 12.4 Å². The summed E-state index contributed by atoms with van der Waals surface area (Å²) < 4.78 is 5.42. The van der Waals surface area contributed by atoms with Crippen LogP contribution in [0.5, 0.6) is 0 Å². The predicted molar refractivity (Wildman–Crippen MR) is 73.0 cm³/mol. The molecule has 1 rings (SSSR count). The Balaban J connectivity index is 2.31. The lowest BCUT2D eigenvalue weighted by atomic mass is 9.85. The van der Waals surface area contributed by atoms with Crippen molar-refractivity contribution in [1.82, 2.24) is 0 Å². The largest absolute Gasteiger partial charge is 0.490 e. The van der Waals surface area contributed by atoms with E-state index in [9.17, 15) is 10.2 Å². The lowest BCUT2D eigenvalue weighted by Crippen LogP contribution is -2.32. The smallest absolute Gasteiger partial charge is 0.112 e. The molecule has 3 heteroatoms. The molecule has 3 unspecified atom stereocenters. The number of hydrogen-bond acceptors (Lipinski definition) is 3. The Kier molecular flexibility index (Phi) is 6.16. The highest BCUT2D eigenvalue weighted by Gasteiger charge is 2.25. The van der Waals surface area contributed by atoms with Gasteiger partial charge in [0.2, 0.25) is 0 Å². The molecule has 0 aromatic heterocycles. The second kappa shape index (κ2) is 7.39. The molecular weight excluding hydrogens is 228 g/mol. The zero-order valence-corrected chi connectivity index (χ0v) is 11.3. The Labute approximate surface area is 109 Å². The molecule has 0 heterocycles. The van der Waals surface area contributed by atoms with Gasteiger partial charge in [0.05, 0.1) is 12.2 Å². The van der Waals surface area contributed by atoms with Gasteiger partial charge in [0.25, 0.3) is 0 Å². The van der Waals surface area contributed by atoms with Gasteiger partial charge in [0.15, 0.2) is 0 Å². The summed E-state index contributed by atoms with van der Waals surface area (Å²) in [4.78, 5) is 0. The van der Waals surface area contributed by atoms with E-state index in [1.807, 2.05) is 32.1 Å². The van der Waals surface area contributed by atoms with Crippen molar-refractivity contribution >= 4 is 0 Å². The fourth-order valence-electron chi connectivity index (χ4n) is 1.94. The summed E-state index contributed by atoms with van der Waals surface area (Å²) in [5.74, 6) is 0.931. The first-order valence-electron chi connectivity index (χ1n) is 6.48. The van der Waals surface area contributed by atoms with E-state index in [2.05, 4.69) is 6.58 Å². The third-order valence-corrected chi connectivity index (χ3v) is 3.14. The number of ether oxygens (including phenoxy) is 1. The molecule has 0 amide bonds. The Morgan fingerprint density at radius 3 is 2.61 bits per heavy atom. The maximum Gasteiger partial charge on any atom is 0.112 e. The second-order valence-electron chi connectivity index (χ2n) is 5.13. The van der Waals surface area contributed by atoms with Crippen molar-refractivity contribution in [3.8, 4) is 0 Å². The average Bonchev–Trinajstić information content (AvgIpc) is 2.30. The third kappa shape index (κ3) is 5.52. The summed E-state index contributed by atoms with van der Waals surface area (Å²) in [6.45, 7) is 8.41. The number of hydrogen-bond donors (Lipinski definition) is 2. The van der Waals surface area contributed by atoms with Gasteiger partial charge in [-0.25, -0.2) is 0 Å². The molecular formula is C15H24O3. The lowest BCUT2D eigenvalue weighted by molar-refractivity contribution is -0.0189. The van der Waals surface area contributed by atoms with Crippen LogP contribution in [0.25, 0.3) is 0 Å². The SMILES string of the molecule is C=C(/C=C/C1CCC(O)C(O)C1)OCC=C(C)C. The molecule has 0 bridgehead atoms. The molecule has 0 spiro atoms. The molecule has 1 aliphatic carbocycles. The van der Waals surface area contributed by atoms with Crippen molar-refractivity contribution < 1.29 is 14.9 Å². The van der Waals surface area contributed by atoms with Crippen LogP contribution >= 0.6 is 0 Å². The van der Waals surface area contributed by atoms with E-state index in [1.165, 1.54) is 5.57 Å². The molecule has 0 aromatic rings.